The van der Waals surface area contributed by atoms with E-state index >= 15 is 0 Å². The van der Waals surface area contributed by atoms with Crippen molar-refractivity contribution in [3.05, 3.63) is 16.9 Å². The Labute approximate surface area is 121 Å². The molecule has 1 saturated heterocycles. The SMILES string of the molecule is CCCn1ncc(Cl)c1C(NN)C1CSCCS1. The zero-order valence-electron chi connectivity index (χ0n) is 10.4. The predicted octanol–water partition coefficient (Wildman–Crippen LogP) is 2.30. The summed E-state index contributed by atoms with van der Waals surface area (Å²) >= 11 is 10.2. The fraction of sp³-hybridized carbons (Fsp3) is 0.727. The molecule has 0 aliphatic carbocycles. The maximum Gasteiger partial charge on any atom is 0.0835 e. The van der Waals surface area contributed by atoms with E-state index in [0.29, 0.717) is 10.3 Å². The molecule has 7 heteroatoms. The highest BCUT2D eigenvalue weighted by Gasteiger charge is 2.29. The van der Waals surface area contributed by atoms with E-state index in [-0.39, 0.29) is 6.04 Å². The fourth-order valence-electron chi connectivity index (χ4n) is 2.13. The van der Waals surface area contributed by atoms with Gasteiger partial charge in [0.05, 0.1) is 23.0 Å². The molecule has 0 amide bonds. The van der Waals surface area contributed by atoms with Crippen molar-refractivity contribution in [2.24, 2.45) is 5.84 Å². The van der Waals surface area contributed by atoms with Crippen molar-refractivity contribution in [2.75, 3.05) is 17.3 Å². The minimum absolute atomic E-state index is 0.0735. The van der Waals surface area contributed by atoms with Crippen LogP contribution in [0.1, 0.15) is 25.1 Å². The molecular formula is C11H19ClN4S2. The Bertz CT molecular complexity index is 379. The number of halogens is 1. The van der Waals surface area contributed by atoms with E-state index in [1.807, 2.05) is 28.2 Å². The summed E-state index contributed by atoms with van der Waals surface area (Å²) in [5.41, 5.74) is 3.96. The fourth-order valence-corrected chi connectivity index (χ4v) is 5.21. The number of hydrogen-bond acceptors (Lipinski definition) is 5. The molecule has 4 nitrogen and oxygen atoms in total. The molecule has 0 aromatic carbocycles. The van der Waals surface area contributed by atoms with Crippen molar-refractivity contribution in [3.63, 3.8) is 0 Å². The van der Waals surface area contributed by atoms with Crippen LogP contribution in [0.3, 0.4) is 0 Å². The molecule has 3 N–H and O–H groups in total. The molecule has 2 unspecified atom stereocenters. The average Bonchev–Trinajstić information content (AvgIpc) is 2.75. The number of thioether (sulfide) groups is 2. The number of hydrazine groups is 1. The van der Waals surface area contributed by atoms with Crippen molar-refractivity contribution in [3.8, 4) is 0 Å². The summed E-state index contributed by atoms with van der Waals surface area (Å²) < 4.78 is 1.98. The van der Waals surface area contributed by atoms with Crippen LogP contribution in [0.25, 0.3) is 0 Å². The lowest BCUT2D eigenvalue weighted by molar-refractivity contribution is 0.479. The van der Waals surface area contributed by atoms with E-state index in [1.165, 1.54) is 11.5 Å². The van der Waals surface area contributed by atoms with Crippen molar-refractivity contribution < 1.29 is 0 Å². The molecule has 2 rings (SSSR count). The smallest absolute Gasteiger partial charge is 0.0835 e. The second kappa shape index (κ2) is 7.05. The topological polar surface area (TPSA) is 55.9 Å². The first-order valence-electron chi connectivity index (χ1n) is 6.14. The molecule has 1 aromatic rings. The molecule has 0 radical (unpaired) electrons. The summed E-state index contributed by atoms with van der Waals surface area (Å²) in [7, 11) is 0. The van der Waals surface area contributed by atoms with Gasteiger partial charge < -0.3 is 0 Å². The number of aromatic nitrogens is 2. The van der Waals surface area contributed by atoms with Gasteiger partial charge in [-0.2, -0.15) is 28.6 Å². The summed E-state index contributed by atoms with van der Waals surface area (Å²) in [6.45, 7) is 3.01. The van der Waals surface area contributed by atoms with Gasteiger partial charge in [0.15, 0.2) is 0 Å². The maximum atomic E-state index is 6.28. The van der Waals surface area contributed by atoms with Gasteiger partial charge in [-0.1, -0.05) is 18.5 Å². The minimum atomic E-state index is 0.0735. The molecule has 0 spiro atoms. The predicted molar refractivity (Wildman–Crippen MR) is 81.2 cm³/mol. The number of nitrogens with two attached hydrogens (primary N) is 1. The number of aryl methyl sites for hydroxylation is 1. The van der Waals surface area contributed by atoms with E-state index < -0.39 is 0 Å². The molecule has 2 heterocycles. The van der Waals surface area contributed by atoms with E-state index in [2.05, 4.69) is 17.4 Å². The molecule has 102 valence electrons. The molecule has 1 fully saturated rings. The lowest BCUT2D eigenvalue weighted by Gasteiger charge is -2.29. The van der Waals surface area contributed by atoms with E-state index in [9.17, 15) is 0 Å². The minimum Gasteiger partial charge on any atom is -0.271 e. The van der Waals surface area contributed by atoms with Crippen molar-refractivity contribution in [1.29, 1.82) is 0 Å². The lowest BCUT2D eigenvalue weighted by Crippen LogP contribution is -2.39. The van der Waals surface area contributed by atoms with Crippen molar-refractivity contribution in [1.82, 2.24) is 15.2 Å². The highest BCUT2D eigenvalue weighted by Crippen LogP contribution is 2.35. The lowest BCUT2D eigenvalue weighted by atomic mass is 10.1. The van der Waals surface area contributed by atoms with Gasteiger partial charge in [0.25, 0.3) is 0 Å². The molecule has 1 aromatic heterocycles. The Kier molecular flexibility index (Phi) is 5.69. The number of nitrogens with zero attached hydrogens (tertiary/aromatic N) is 2. The van der Waals surface area contributed by atoms with Gasteiger partial charge in [-0.3, -0.25) is 16.0 Å². The van der Waals surface area contributed by atoms with E-state index in [4.69, 9.17) is 17.4 Å². The molecule has 2 atom stereocenters. The van der Waals surface area contributed by atoms with Gasteiger partial charge in [0.1, 0.15) is 0 Å². The first kappa shape index (κ1) is 14.5. The molecule has 1 aliphatic heterocycles. The molecule has 18 heavy (non-hydrogen) atoms. The van der Waals surface area contributed by atoms with Crippen LogP contribution in [-0.4, -0.2) is 32.3 Å². The Morgan fingerprint density at radius 1 is 1.67 bits per heavy atom. The van der Waals surface area contributed by atoms with Crippen molar-refractivity contribution in [2.45, 2.75) is 31.2 Å². The first-order valence-corrected chi connectivity index (χ1v) is 8.72. The third kappa shape index (κ3) is 3.17. The Balaban J connectivity index is 2.22. The van der Waals surface area contributed by atoms with Gasteiger partial charge in [-0.25, -0.2) is 0 Å². The van der Waals surface area contributed by atoms with Gasteiger partial charge >= 0.3 is 0 Å². The van der Waals surface area contributed by atoms with Crippen molar-refractivity contribution >= 4 is 35.1 Å². The quantitative estimate of drug-likeness (QED) is 0.646. The van der Waals surface area contributed by atoms with Crippen LogP contribution in [-0.2, 0) is 6.54 Å². The largest absolute Gasteiger partial charge is 0.271 e. The summed E-state index contributed by atoms with van der Waals surface area (Å²) in [6.07, 6.45) is 2.76. The van der Waals surface area contributed by atoms with Crippen LogP contribution in [0.4, 0.5) is 0 Å². The highest BCUT2D eigenvalue weighted by molar-refractivity contribution is 8.06. The summed E-state index contributed by atoms with van der Waals surface area (Å²) in [6, 6.07) is 0.0735. The van der Waals surface area contributed by atoms with Crippen LogP contribution in [0.15, 0.2) is 6.20 Å². The number of rotatable bonds is 5. The van der Waals surface area contributed by atoms with Crippen LogP contribution in [0.2, 0.25) is 5.02 Å². The summed E-state index contributed by atoms with van der Waals surface area (Å²) in [5, 5.41) is 5.51. The molecule has 1 aliphatic rings. The Morgan fingerprint density at radius 2 is 2.50 bits per heavy atom. The van der Waals surface area contributed by atoms with E-state index in [1.54, 1.807) is 6.20 Å². The zero-order valence-corrected chi connectivity index (χ0v) is 12.8. The van der Waals surface area contributed by atoms with E-state index in [0.717, 1.165) is 24.4 Å². The number of hydrogen-bond donors (Lipinski definition) is 2. The third-order valence-corrected chi connectivity index (χ3v) is 6.11. The molecule has 0 bridgehead atoms. The summed E-state index contributed by atoms with van der Waals surface area (Å²) in [5.74, 6) is 9.26. The third-order valence-electron chi connectivity index (χ3n) is 2.96. The second-order valence-electron chi connectivity index (χ2n) is 4.23. The second-order valence-corrected chi connectivity index (χ2v) is 7.13. The van der Waals surface area contributed by atoms with Crippen LogP contribution in [0, 0.1) is 0 Å². The van der Waals surface area contributed by atoms with Crippen LogP contribution in [0.5, 0.6) is 0 Å². The molecule has 0 saturated carbocycles. The molecular weight excluding hydrogens is 288 g/mol. The Hall–Kier alpha value is 0.120. The summed E-state index contributed by atoms with van der Waals surface area (Å²) in [4.78, 5) is 0. The van der Waals surface area contributed by atoms with Gasteiger partial charge in [0.2, 0.25) is 0 Å². The standard InChI is InChI=1S/C11H19ClN4S2/c1-2-3-16-11(8(12)6-14-16)10(15-13)9-7-17-4-5-18-9/h6,9-10,15H,2-5,7,13H2,1H3. The normalized spacial score (nSPS) is 22.1. The van der Waals surface area contributed by atoms with Gasteiger partial charge in [0, 0.05) is 29.1 Å². The monoisotopic (exact) mass is 306 g/mol. The van der Waals surface area contributed by atoms with Crippen LogP contribution >= 0.6 is 35.1 Å². The van der Waals surface area contributed by atoms with Gasteiger partial charge in [-0.15, -0.1) is 0 Å². The van der Waals surface area contributed by atoms with Crippen LogP contribution < -0.4 is 11.3 Å². The zero-order chi connectivity index (χ0) is 13.0. The Morgan fingerprint density at radius 3 is 3.11 bits per heavy atom. The van der Waals surface area contributed by atoms with Gasteiger partial charge in [-0.05, 0) is 6.42 Å². The number of nitrogens with one attached hydrogen (secondary N) is 1. The maximum absolute atomic E-state index is 6.28. The first-order chi connectivity index (χ1) is 8.77. The average molecular weight is 307 g/mol. The highest BCUT2D eigenvalue weighted by atomic mass is 35.5.